The van der Waals surface area contributed by atoms with Crippen LogP contribution in [-0.2, 0) is 0 Å². The van der Waals surface area contributed by atoms with Gasteiger partial charge in [0.1, 0.15) is 5.75 Å². The summed E-state index contributed by atoms with van der Waals surface area (Å²) in [6.07, 6.45) is 4.93. The van der Waals surface area contributed by atoms with Crippen molar-refractivity contribution in [2.24, 2.45) is 0 Å². The average molecular weight is 413 g/mol. The van der Waals surface area contributed by atoms with Gasteiger partial charge in [0.15, 0.2) is 0 Å². The molecule has 1 nitrogen and oxygen atoms in total. The number of aryl methyl sites for hydroxylation is 2. The molecule has 1 aromatic heterocycles. The van der Waals surface area contributed by atoms with E-state index in [1.165, 1.54) is 72.1 Å². The molecule has 2 heteroatoms. The summed E-state index contributed by atoms with van der Waals surface area (Å²) >= 11 is 1.89. The molecule has 30 heavy (non-hydrogen) atoms. The minimum absolute atomic E-state index is 0.808. The smallest absolute Gasteiger partial charge is 0.119 e. The van der Waals surface area contributed by atoms with E-state index in [0.29, 0.717) is 0 Å². The molecule has 0 spiro atoms. The van der Waals surface area contributed by atoms with Crippen molar-refractivity contribution in [2.75, 3.05) is 6.61 Å². The number of rotatable bonds is 6. The Bertz CT molecular complexity index is 1380. The van der Waals surface area contributed by atoms with Crippen molar-refractivity contribution in [3.8, 4) is 5.75 Å². The summed E-state index contributed by atoms with van der Waals surface area (Å²) in [7, 11) is 0. The number of benzene rings is 4. The molecular formula is C28H28OS. The summed E-state index contributed by atoms with van der Waals surface area (Å²) in [5, 5.41) is 7.93. The third-order valence-electron chi connectivity index (χ3n) is 6.24. The minimum Gasteiger partial charge on any atom is -0.494 e. The molecule has 0 radical (unpaired) electrons. The Morgan fingerprint density at radius 3 is 2.00 bits per heavy atom. The van der Waals surface area contributed by atoms with E-state index in [1.54, 1.807) is 0 Å². The summed E-state index contributed by atoms with van der Waals surface area (Å²) in [6, 6.07) is 20.6. The lowest BCUT2D eigenvalue weighted by atomic mass is 10.00. The SMILES string of the molecule is CCCCCCOc1ccc2cc3c(cc2c1)sc1cc2cc(C)c(C)cc2cc13. The average Bonchev–Trinajstić information content (AvgIpc) is 3.07. The van der Waals surface area contributed by atoms with Gasteiger partial charge >= 0.3 is 0 Å². The van der Waals surface area contributed by atoms with Gasteiger partial charge < -0.3 is 4.74 Å². The van der Waals surface area contributed by atoms with Crippen LogP contribution in [0.3, 0.4) is 0 Å². The summed E-state index contributed by atoms with van der Waals surface area (Å²) in [5.41, 5.74) is 2.71. The maximum atomic E-state index is 6.01. The Kier molecular flexibility index (Phi) is 5.12. The summed E-state index contributed by atoms with van der Waals surface area (Å²) < 4.78 is 8.72. The zero-order chi connectivity index (χ0) is 20.7. The Balaban J connectivity index is 1.55. The predicted octanol–water partition coefficient (Wildman–Crippen LogP) is 8.94. The van der Waals surface area contributed by atoms with Crippen LogP contribution in [-0.4, -0.2) is 6.61 Å². The Morgan fingerprint density at radius 2 is 1.30 bits per heavy atom. The molecule has 0 amide bonds. The van der Waals surface area contributed by atoms with Crippen molar-refractivity contribution in [1.82, 2.24) is 0 Å². The van der Waals surface area contributed by atoms with Crippen LogP contribution in [0.4, 0.5) is 0 Å². The zero-order valence-corrected chi connectivity index (χ0v) is 18.9. The highest BCUT2D eigenvalue weighted by Gasteiger charge is 2.10. The molecule has 0 bridgehead atoms. The standard InChI is InChI=1S/C28H28OS/c1-4-5-6-7-10-29-24-9-8-20-14-25-26-15-21-11-18(2)19(3)12-22(21)16-27(26)30-28(25)17-23(20)13-24/h8-9,11-17H,4-7,10H2,1-3H3. The van der Waals surface area contributed by atoms with Gasteiger partial charge in [-0.2, -0.15) is 0 Å². The number of hydrogen-bond acceptors (Lipinski definition) is 2. The van der Waals surface area contributed by atoms with Crippen molar-refractivity contribution in [1.29, 1.82) is 0 Å². The van der Waals surface area contributed by atoms with Crippen LogP contribution in [0.5, 0.6) is 5.75 Å². The third-order valence-corrected chi connectivity index (χ3v) is 7.35. The van der Waals surface area contributed by atoms with Crippen molar-refractivity contribution < 1.29 is 4.74 Å². The Labute approximate surface area is 182 Å². The largest absolute Gasteiger partial charge is 0.494 e. The van der Waals surface area contributed by atoms with E-state index in [0.717, 1.165) is 18.8 Å². The number of unbranched alkanes of at least 4 members (excludes halogenated alkanes) is 3. The fraction of sp³-hybridized carbons (Fsp3) is 0.286. The first-order valence-electron chi connectivity index (χ1n) is 11.1. The summed E-state index contributed by atoms with van der Waals surface area (Å²) in [4.78, 5) is 0. The van der Waals surface area contributed by atoms with Crippen molar-refractivity contribution in [2.45, 2.75) is 46.5 Å². The monoisotopic (exact) mass is 412 g/mol. The van der Waals surface area contributed by atoms with E-state index in [4.69, 9.17) is 4.74 Å². The maximum Gasteiger partial charge on any atom is 0.119 e. The fourth-order valence-electron chi connectivity index (χ4n) is 4.33. The van der Waals surface area contributed by atoms with E-state index in [2.05, 4.69) is 75.4 Å². The van der Waals surface area contributed by atoms with Gasteiger partial charge in [-0.15, -0.1) is 11.3 Å². The van der Waals surface area contributed by atoms with Crippen LogP contribution >= 0.6 is 11.3 Å². The highest BCUT2D eigenvalue weighted by atomic mass is 32.1. The Morgan fingerprint density at radius 1 is 0.667 bits per heavy atom. The number of ether oxygens (including phenoxy) is 1. The van der Waals surface area contributed by atoms with Gasteiger partial charge in [0, 0.05) is 20.2 Å². The lowest BCUT2D eigenvalue weighted by molar-refractivity contribution is 0.305. The molecular weight excluding hydrogens is 384 g/mol. The van der Waals surface area contributed by atoms with E-state index in [-0.39, 0.29) is 0 Å². The second-order valence-corrected chi connectivity index (χ2v) is 9.58. The van der Waals surface area contributed by atoms with E-state index >= 15 is 0 Å². The number of hydrogen-bond donors (Lipinski definition) is 0. The quantitative estimate of drug-likeness (QED) is 0.253. The highest BCUT2D eigenvalue weighted by Crippen LogP contribution is 2.39. The molecule has 0 atom stereocenters. The van der Waals surface area contributed by atoms with Gasteiger partial charge in [-0.3, -0.25) is 0 Å². The van der Waals surface area contributed by atoms with Gasteiger partial charge in [0.2, 0.25) is 0 Å². The summed E-state index contributed by atoms with van der Waals surface area (Å²) in [6.45, 7) is 7.44. The van der Waals surface area contributed by atoms with Crippen molar-refractivity contribution in [3.05, 3.63) is 65.7 Å². The first-order chi connectivity index (χ1) is 14.6. The molecule has 152 valence electrons. The van der Waals surface area contributed by atoms with Gasteiger partial charge in [-0.05, 0) is 89.3 Å². The van der Waals surface area contributed by atoms with E-state index < -0.39 is 0 Å². The molecule has 0 unspecified atom stereocenters. The molecule has 0 N–H and O–H groups in total. The molecule has 5 rings (SSSR count). The lowest BCUT2D eigenvalue weighted by Gasteiger charge is -2.07. The van der Waals surface area contributed by atoms with Crippen LogP contribution in [0, 0.1) is 13.8 Å². The molecule has 1 heterocycles. The number of fused-ring (bicyclic) bond motifs is 5. The molecule has 5 aromatic rings. The second-order valence-electron chi connectivity index (χ2n) is 8.50. The van der Waals surface area contributed by atoms with Gasteiger partial charge in [-0.1, -0.05) is 44.4 Å². The van der Waals surface area contributed by atoms with Gasteiger partial charge in [0.05, 0.1) is 6.61 Å². The molecule has 0 fully saturated rings. The molecule has 0 saturated heterocycles. The van der Waals surface area contributed by atoms with Gasteiger partial charge in [-0.25, -0.2) is 0 Å². The second kappa shape index (κ2) is 7.92. The normalized spacial score (nSPS) is 11.8. The first kappa shape index (κ1) is 19.4. The van der Waals surface area contributed by atoms with Crippen LogP contribution < -0.4 is 4.74 Å². The van der Waals surface area contributed by atoms with Crippen LogP contribution in [0.2, 0.25) is 0 Å². The molecule has 0 aliphatic rings. The molecule has 4 aromatic carbocycles. The molecule has 0 aliphatic heterocycles. The van der Waals surface area contributed by atoms with Gasteiger partial charge in [0.25, 0.3) is 0 Å². The van der Waals surface area contributed by atoms with Crippen molar-refractivity contribution >= 4 is 53.1 Å². The Hall–Kier alpha value is -2.58. The summed E-state index contributed by atoms with van der Waals surface area (Å²) in [5.74, 6) is 0.983. The van der Waals surface area contributed by atoms with Crippen LogP contribution in [0.25, 0.3) is 41.7 Å². The van der Waals surface area contributed by atoms with Crippen LogP contribution in [0.15, 0.2) is 54.6 Å². The zero-order valence-electron chi connectivity index (χ0n) is 18.0. The fourth-order valence-corrected chi connectivity index (χ4v) is 5.49. The lowest BCUT2D eigenvalue weighted by Crippen LogP contribution is -1.96. The highest BCUT2D eigenvalue weighted by molar-refractivity contribution is 7.26. The third kappa shape index (κ3) is 3.54. The van der Waals surface area contributed by atoms with Crippen molar-refractivity contribution in [3.63, 3.8) is 0 Å². The van der Waals surface area contributed by atoms with E-state index in [1.807, 2.05) is 11.3 Å². The topological polar surface area (TPSA) is 9.23 Å². The maximum absolute atomic E-state index is 6.01. The predicted molar refractivity (Wildman–Crippen MR) is 133 cm³/mol. The number of thiophene rings is 1. The molecule has 0 saturated carbocycles. The van der Waals surface area contributed by atoms with Crippen LogP contribution in [0.1, 0.15) is 43.7 Å². The minimum atomic E-state index is 0.808. The molecule has 0 aliphatic carbocycles. The first-order valence-corrected chi connectivity index (χ1v) is 11.9. The van der Waals surface area contributed by atoms with E-state index in [9.17, 15) is 0 Å².